The highest BCUT2D eigenvalue weighted by molar-refractivity contribution is 5.39. The molecule has 0 aromatic heterocycles. The van der Waals surface area contributed by atoms with Crippen LogP contribution >= 0.6 is 0 Å². The molecule has 2 atom stereocenters. The summed E-state index contributed by atoms with van der Waals surface area (Å²) in [5.41, 5.74) is 2.85. The zero-order valence-electron chi connectivity index (χ0n) is 12.7. The van der Waals surface area contributed by atoms with Gasteiger partial charge in [-0.3, -0.25) is 0 Å². The summed E-state index contributed by atoms with van der Waals surface area (Å²) in [5, 5.41) is 12.8. The Bertz CT molecular complexity index is 419. The molecule has 1 aromatic carbocycles. The number of methoxy groups -OCH3 is 1. The molecule has 0 radical (unpaired) electrons. The van der Waals surface area contributed by atoms with Crippen LogP contribution in [0, 0.1) is 5.92 Å². The van der Waals surface area contributed by atoms with Crippen molar-refractivity contribution in [1.82, 2.24) is 5.32 Å². The van der Waals surface area contributed by atoms with Gasteiger partial charge < -0.3 is 15.2 Å². The van der Waals surface area contributed by atoms with Crippen molar-refractivity contribution in [1.29, 1.82) is 0 Å². The van der Waals surface area contributed by atoms with Crippen LogP contribution in [0.3, 0.4) is 0 Å². The van der Waals surface area contributed by atoms with Crippen molar-refractivity contribution in [2.75, 3.05) is 20.3 Å². The van der Waals surface area contributed by atoms with Crippen molar-refractivity contribution in [3.8, 4) is 5.75 Å². The van der Waals surface area contributed by atoms with Gasteiger partial charge in [-0.2, -0.15) is 0 Å². The van der Waals surface area contributed by atoms with Crippen LogP contribution in [0.25, 0.3) is 0 Å². The lowest BCUT2D eigenvalue weighted by Gasteiger charge is -2.28. The molecule has 0 saturated carbocycles. The summed E-state index contributed by atoms with van der Waals surface area (Å²) in [5.74, 6) is 1.53. The van der Waals surface area contributed by atoms with E-state index in [9.17, 15) is 0 Å². The Hall–Kier alpha value is -1.06. The summed E-state index contributed by atoms with van der Waals surface area (Å²) in [4.78, 5) is 0. The van der Waals surface area contributed by atoms with E-state index in [1.54, 1.807) is 7.11 Å². The molecule has 1 aliphatic rings. The van der Waals surface area contributed by atoms with Crippen molar-refractivity contribution in [2.24, 2.45) is 5.92 Å². The summed E-state index contributed by atoms with van der Waals surface area (Å²) in [6, 6.07) is 6.90. The van der Waals surface area contributed by atoms with Gasteiger partial charge >= 0.3 is 0 Å². The highest BCUT2D eigenvalue weighted by Crippen LogP contribution is 2.32. The summed E-state index contributed by atoms with van der Waals surface area (Å²) < 4.78 is 5.31. The molecule has 0 fully saturated rings. The molecule has 3 nitrogen and oxygen atoms in total. The summed E-state index contributed by atoms with van der Waals surface area (Å²) >= 11 is 0. The average Bonchev–Trinajstić information content (AvgIpc) is 2.50. The Labute approximate surface area is 122 Å². The monoisotopic (exact) mass is 277 g/mol. The first-order valence-corrected chi connectivity index (χ1v) is 7.79. The highest BCUT2D eigenvalue weighted by atomic mass is 16.5. The zero-order valence-corrected chi connectivity index (χ0v) is 12.7. The average molecular weight is 277 g/mol. The molecule has 2 N–H and O–H groups in total. The Morgan fingerprint density at radius 1 is 1.45 bits per heavy atom. The number of aliphatic hydroxyl groups excluding tert-OH is 1. The second kappa shape index (κ2) is 7.65. The Morgan fingerprint density at radius 2 is 2.30 bits per heavy atom. The van der Waals surface area contributed by atoms with E-state index >= 15 is 0 Å². The Kier molecular flexibility index (Phi) is 5.86. The smallest absolute Gasteiger partial charge is 0.119 e. The van der Waals surface area contributed by atoms with Gasteiger partial charge in [-0.25, -0.2) is 0 Å². The van der Waals surface area contributed by atoms with Gasteiger partial charge in [0.2, 0.25) is 0 Å². The molecular weight excluding hydrogens is 250 g/mol. The van der Waals surface area contributed by atoms with Gasteiger partial charge in [0.1, 0.15) is 5.75 Å². The normalized spacial score (nSPS) is 19.4. The standard InChI is InChI=1S/C17H27NO2/c1-3-13(9-10-19)12-18-17-6-4-5-14-11-15(20-2)7-8-16(14)17/h7-8,11,13,17-19H,3-6,9-10,12H2,1-2H3. The number of nitrogens with one attached hydrogen (secondary N) is 1. The molecule has 0 aliphatic heterocycles. The zero-order chi connectivity index (χ0) is 14.4. The lowest BCUT2D eigenvalue weighted by molar-refractivity contribution is 0.247. The highest BCUT2D eigenvalue weighted by Gasteiger charge is 2.21. The fourth-order valence-corrected chi connectivity index (χ4v) is 3.07. The molecule has 2 unspecified atom stereocenters. The minimum Gasteiger partial charge on any atom is -0.497 e. The molecular formula is C17H27NO2. The molecule has 1 aromatic rings. The fourth-order valence-electron chi connectivity index (χ4n) is 3.07. The van der Waals surface area contributed by atoms with E-state index in [1.165, 1.54) is 24.0 Å². The van der Waals surface area contributed by atoms with Gasteiger partial charge in [0.05, 0.1) is 7.11 Å². The van der Waals surface area contributed by atoms with Crippen molar-refractivity contribution in [2.45, 2.75) is 45.1 Å². The molecule has 2 rings (SSSR count). The Balaban J connectivity index is 2.01. The second-order valence-electron chi connectivity index (χ2n) is 5.70. The maximum absolute atomic E-state index is 9.08. The van der Waals surface area contributed by atoms with E-state index in [2.05, 4.69) is 30.4 Å². The van der Waals surface area contributed by atoms with E-state index in [-0.39, 0.29) is 0 Å². The summed E-state index contributed by atoms with van der Waals surface area (Å²) in [7, 11) is 1.72. The van der Waals surface area contributed by atoms with E-state index in [0.29, 0.717) is 18.6 Å². The quantitative estimate of drug-likeness (QED) is 0.805. The fraction of sp³-hybridized carbons (Fsp3) is 0.647. The van der Waals surface area contributed by atoms with E-state index in [4.69, 9.17) is 9.84 Å². The van der Waals surface area contributed by atoms with Crippen molar-refractivity contribution in [3.05, 3.63) is 29.3 Å². The third kappa shape index (κ3) is 3.74. The minimum absolute atomic E-state index is 0.290. The molecule has 0 heterocycles. The number of ether oxygens (including phenoxy) is 1. The molecule has 0 spiro atoms. The van der Waals surface area contributed by atoms with Gasteiger partial charge in [-0.1, -0.05) is 19.4 Å². The lowest BCUT2D eigenvalue weighted by Crippen LogP contribution is -2.30. The third-order valence-corrected chi connectivity index (χ3v) is 4.43. The Morgan fingerprint density at radius 3 is 3.00 bits per heavy atom. The van der Waals surface area contributed by atoms with Crippen molar-refractivity contribution < 1.29 is 9.84 Å². The first-order chi connectivity index (χ1) is 9.78. The van der Waals surface area contributed by atoms with Gasteiger partial charge in [0.25, 0.3) is 0 Å². The number of aliphatic hydroxyl groups is 1. The molecule has 0 saturated heterocycles. The van der Waals surface area contributed by atoms with Gasteiger partial charge in [-0.05, 0) is 61.4 Å². The number of hydrogen-bond donors (Lipinski definition) is 2. The van der Waals surface area contributed by atoms with Crippen LogP contribution in [0.5, 0.6) is 5.75 Å². The number of hydrogen-bond acceptors (Lipinski definition) is 3. The van der Waals surface area contributed by atoms with Crippen LogP contribution < -0.4 is 10.1 Å². The number of benzene rings is 1. The minimum atomic E-state index is 0.290. The SMILES string of the molecule is CCC(CCO)CNC1CCCc2cc(OC)ccc21. The van der Waals surface area contributed by atoms with Crippen LogP contribution in [0.2, 0.25) is 0 Å². The first-order valence-electron chi connectivity index (χ1n) is 7.79. The van der Waals surface area contributed by atoms with E-state index in [0.717, 1.165) is 31.6 Å². The number of fused-ring (bicyclic) bond motifs is 1. The molecule has 3 heteroatoms. The summed E-state index contributed by atoms with van der Waals surface area (Å²) in [6.07, 6.45) is 5.60. The van der Waals surface area contributed by atoms with Crippen LogP contribution in [0.4, 0.5) is 0 Å². The van der Waals surface area contributed by atoms with Crippen LogP contribution in [-0.2, 0) is 6.42 Å². The van der Waals surface area contributed by atoms with Crippen molar-refractivity contribution in [3.63, 3.8) is 0 Å². The molecule has 0 amide bonds. The van der Waals surface area contributed by atoms with E-state index in [1.807, 2.05) is 0 Å². The first kappa shape index (κ1) is 15.3. The van der Waals surface area contributed by atoms with Gasteiger partial charge in [0.15, 0.2) is 0 Å². The number of rotatable bonds is 7. The second-order valence-corrected chi connectivity index (χ2v) is 5.70. The predicted molar refractivity (Wildman–Crippen MR) is 82.2 cm³/mol. The molecule has 112 valence electrons. The maximum atomic E-state index is 9.08. The maximum Gasteiger partial charge on any atom is 0.119 e. The van der Waals surface area contributed by atoms with Gasteiger partial charge in [-0.15, -0.1) is 0 Å². The molecule has 20 heavy (non-hydrogen) atoms. The van der Waals surface area contributed by atoms with Crippen LogP contribution in [0.15, 0.2) is 18.2 Å². The summed E-state index contributed by atoms with van der Waals surface area (Å²) in [6.45, 7) is 3.48. The van der Waals surface area contributed by atoms with Crippen LogP contribution in [0.1, 0.15) is 49.8 Å². The lowest BCUT2D eigenvalue weighted by atomic mass is 9.87. The molecule has 0 bridgehead atoms. The predicted octanol–water partition coefficient (Wildman–Crippen LogP) is 3.07. The number of aryl methyl sites for hydroxylation is 1. The van der Waals surface area contributed by atoms with Gasteiger partial charge in [0, 0.05) is 12.6 Å². The topological polar surface area (TPSA) is 41.5 Å². The van der Waals surface area contributed by atoms with E-state index < -0.39 is 0 Å². The third-order valence-electron chi connectivity index (χ3n) is 4.43. The van der Waals surface area contributed by atoms with Crippen molar-refractivity contribution >= 4 is 0 Å². The molecule has 1 aliphatic carbocycles. The largest absolute Gasteiger partial charge is 0.497 e. The van der Waals surface area contributed by atoms with Crippen LogP contribution in [-0.4, -0.2) is 25.4 Å².